The van der Waals surface area contributed by atoms with Gasteiger partial charge in [-0.15, -0.1) is 11.3 Å². The van der Waals surface area contributed by atoms with E-state index in [1.165, 1.54) is 0 Å². The lowest BCUT2D eigenvalue weighted by Gasteiger charge is -2.12. The summed E-state index contributed by atoms with van der Waals surface area (Å²) in [7, 11) is 0. The standard InChI is InChI=1S/C57H35N3S/c1-3-12-36(13-4-1)38-22-24-39(25-23-38)55-58-56(43-17-11-16-40(32-43)37-14-5-2-6-15-37)60-57(59-55)44-27-30-50-52-34-42(28-31-53(52)61-54(50)35-44)41-26-29-49-47-20-8-7-18-45(47)46-19-9-10-21-48(46)51(49)33-41/h1-35H/i27D,28D,30D,31D,34D,35D. The molecule has 4 heteroatoms. The van der Waals surface area contributed by atoms with Crippen molar-refractivity contribution in [2.24, 2.45) is 0 Å². The normalized spacial score (nSPS) is 13.0. The average molecular weight is 800 g/mol. The first-order valence-corrected chi connectivity index (χ1v) is 20.9. The first kappa shape index (κ1) is 29.4. The van der Waals surface area contributed by atoms with Gasteiger partial charge in [-0.3, -0.25) is 0 Å². The van der Waals surface area contributed by atoms with Crippen molar-refractivity contribution in [2.45, 2.75) is 0 Å². The lowest BCUT2D eigenvalue weighted by molar-refractivity contribution is 1.07. The van der Waals surface area contributed by atoms with Gasteiger partial charge in [0.25, 0.3) is 0 Å². The van der Waals surface area contributed by atoms with Gasteiger partial charge >= 0.3 is 0 Å². The molecule has 0 saturated carbocycles. The fraction of sp³-hybridized carbons (Fsp3) is 0. The first-order chi connectivity index (χ1) is 32.7. The predicted molar refractivity (Wildman–Crippen MR) is 258 cm³/mol. The molecule has 0 spiro atoms. The summed E-state index contributed by atoms with van der Waals surface area (Å²) < 4.78 is 58.0. The topological polar surface area (TPSA) is 38.7 Å². The molecular weight excluding hydrogens is 759 g/mol. The maximum atomic E-state index is 9.75. The van der Waals surface area contributed by atoms with Crippen molar-refractivity contribution in [1.29, 1.82) is 0 Å². The average Bonchev–Trinajstić information content (AvgIpc) is 3.80. The molecule has 12 rings (SSSR count). The van der Waals surface area contributed by atoms with Crippen molar-refractivity contribution < 1.29 is 8.22 Å². The Labute approximate surface area is 365 Å². The monoisotopic (exact) mass is 799 g/mol. The van der Waals surface area contributed by atoms with Gasteiger partial charge in [0, 0.05) is 36.9 Å². The summed E-state index contributed by atoms with van der Waals surface area (Å²) in [5.41, 5.74) is 6.42. The molecule has 0 radical (unpaired) electrons. The minimum atomic E-state index is -0.274. The van der Waals surface area contributed by atoms with E-state index in [9.17, 15) is 8.22 Å². The molecular formula is C57H35N3S. The summed E-state index contributed by atoms with van der Waals surface area (Å²) in [6.07, 6.45) is 0. The SMILES string of the molecule is [2H]c1c(-c2ccc3c4ccccc4c4ccccc4c3c2)c([2H])c2c(sc3c([2H])c(-c4nc(-c5ccc(-c6ccccc6)cc5)nc(-c5cccc(-c6ccccc6)c5)n4)c([2H])c([2H])c32)c1[2H]. The third-order valence-corrected chi connectivity index (χ3v) is 12.4. The van der Waals surface area contributed by atoms with Crippen LogP contribution in [0.15, 0.2) is 212 Å². The Bertz CT molecular complexity index is 3950. The zero-order valence-corrected chi connectivity index (χ0v) is 33.3. The van der Waals surface area contributed by atoms with Crippen LogP contribution in [-0.4, -0.2) is 15.0 Å². The molecule has 3 nitrogen and oxygen atoms in total. The van der Waals surface area contributed by atoms with Crippen LogP contribution < -0.4 is 0 Å². The van der Waals surface area contributed by atoms with Crippen molar-refractivity contribution in [3.63, 3.8) is 0 Å². The predicted octanol–water partition coefficient (Wildman–Crippen LogP) is 15.7. The number of hydrogen-bond acceptors (Lipinski definition) is 4. The molecule has 0 unspecified atom stereocenters. The maximum Gasteiger partial charge on any atom is 0.164 e. The van der Waals surface area contributed by atoms with E-state index < -0.39 is 0 Å². The van der Waals surface area contributed by atoms with Gasteiger partial charge in [-0.2, -0.15) is 0 Å². The zero-order valence-electron chi connectivity index (χ0n) is 38.5. The number of thiophene rings is 1. The lowest BCUT2D eigenvalue weighted by Crippen LogP contribution is -2.00. The van der Waals surface area contributed by atoms with E-state index in [1.807, 2.05) is 152 Å². The number of rotatable bonds is 6. The van der Waals surface area contributed by atoms with Crippen LogP contribution in [-0.2, 0) is 0 Å². The van der Waals surface area contributed by atoms with Crippen LogP contribution >= 0.6 is 11.3 Å². The summed E-state index contributed by atoms with van der Waals surface area (Å²) in [5, 5.41) is 6.90. The van der Waals surface area contributed by atoms with E-state index in [1.54, 1.807) is 0 Å². The summed E-state index contributed by atoms with van der Waals surface area (Å²) in [5.74, 6) is 0.747. The highest BCUT2D eigenvalue weighted by Crippen LogP contribution is 2.41. The number of hydrogen-bond donors (Lipinski definition) is 0. The van der Waals surface area contributed by atoms with Gasteiger partial charge < -0.3 is 0 Å². The van der Waals surface area contributed by atoms with Crippen LogP contribution in [0.25, 0.3) is 120 Å². The Balaban J connectivity index is 1.05. The molecule has 284 valence electrons. The highest BCUT2D eigenvalue weighted by Gasteiger charge is 2.16. The molecule has 0 aliphatic rings. The van der Waals surface area contributed by atoms with Crippen molar-refractivity contribution in [3.05, 3.63) is 212 Å². The van der Waals surface area contributed by atoms with Crippen molar-refractivity contribution in [3.8, 4) is 67.5 Å². The van der Waals surface area contributed by atoms with Crippen molar-refractivity contribution in [2.75, 3.05) is 0 Å². The van der Waals surface area contributed by atoms with E-state index in [-0.39, 0.29) is 64.0 Å². The van der Waals surface area contributed by atoms with Crippen LogP contribution in [0.3, 0.4) is 0 Å². The van der Waals surface area contributed by atoms with Crippen LogP contribution in [0.2, 0.25) is 0 Å². The summed E-state index contributed by atoms with van der Waals surface area (Å²) in [6, 6.07) is 57.5. The third kappa shape index (κ3) is 6.24. The van der Waals surface area contributed by atoms with Crippen LogP contribution in [0.1, 0.15) is 8.22 Å². The minimum Gasteiger partial charge on any atom is -0.208 e. The first-order valence-electron chi connectivity index (χ1n) is 23.1. The molecule has 10 aromatic carbocycles. The highest BCUT2D eigenvalue weighted by molar-refractivity contribution is 7.25. The molecule has 0 saturated heterocycles. The largest absolute Gasteiger partial charge is 0.208 e. The molecule has 61 heavy (non-hydrogen) atoms. The molecule has 2 heterocycles. The van der Waals surface area contributed by atoms with Crippen LogP contribution in [0.4, 0.5) is 0 Å². The Hall–Kier alpha value is -7.79. The quantitative estimate of drug-likeness (QED) is 0.157. The van der Waals surface area contributed by atoms with Gasteiger partial charge in [-0.25, -0.2) is 15.0 Å². The van der Waals surface area contributed by atoms with Gasteiger partial charge in [0.05, 0.1) is 8.22 Å². The Morgan fingerprint density at radius 3 is 1.44 bits per heavy atom. The van der Waals surface area contributed by atoms with Gasteiger partial charge in [0.15, 0.2) is 17.5 Å². The van der Waals surface area contributed by atoms with Gasteiger partial charge in [0.2, 0.25) is 0 Å². The van der Waals surface area contributed by atoms with E-state index in [2.05, 4.69) is 24.3 Å². The number of aromatic nitrogens is 3. The Morgan fingerprint density at radius 2 is 0.754 bits per heavy atom. The fourth-order valence-corrected chi connectivity index (χ4v) is 9.34. The molecule has 0 fully saturated rings. The lowest BCUT2D eigenvalue weighted by atomic mass is 9.92. The number of fused-ring (bicyclic) bond motifs is 9. The van der Waals surface area contributed by atoms with E-state index >= 15 is 0 Å². The Kier molecular flexibility index (Phi) is 6.99. The maximum absolute atomic E-state index is 9.75. The van der Waals surface area contributed by atoms with Crippen molar-refractivity contribution >= 4 is 63.8 Å². The van der Waals surface area contributed by atoms with Crippen LogP contribution in [0, 0.1) is 0 Å². The van der Waals surface area contributed by atoms with E-state index in [0.717, 1.165) is 65.9 Å². The fourth-order valence-electron chi connectivity index (χ4n) is 8.37. The van der Waals surface area contributed by atoms with Crippen molar-refractivity contribution in [1.82, 2.24) is 15.0 Å². The summed E-state index contributed by atoms with van der Waals surface area (Å²) >= 11 is 1.10. The smallest absolute Gasteiger partial charge is 0.164 e. The summed E-state index contributed by atoms with van der Waals surface area (Å²) in [4.78, 5) is 14.9. The minimum absolute atomic E-state index is 0.0197. The molecule has 0 aliphatic carbocycles. The summed E-state index contributed by atoms with van der Waals surface area (Å²) in [6.45, 7) is 0. The molecule has 0 N–H and O–H groups in total. The zero-order chi connectivity index (χ0) is 45.5. The van der Waals surface area contributed by atoms with Gasteiger partial charge in [-0.05, 0) is 96.0 Å². The molecule has 0 amide bonds. The van der Waals surface area contributed by atoms with Gasteiger partial charge in [0.1, 0.15) is 0 Å². The van der Waals surface area contributed by atoms with Crippen LogP contribution in [0.5, 0.6) is 0 Å². The molecule has 0 bridgehead atoms. The van der Waals surface area contributed by atoms with E-state index in [0.29, 0.717) is 37.7 Å². The second-order valence-electron chi connectivity index (χ2n) is 15.1. The molecule has 0 atom stereocenters. The molecule has 2 aromatic heterocycles. The Morgan fingerprint density at radius 1 is 0.279 bits per heavy atom. The second-order valence-corrected chi connectivity index (χ2v) is 16.1. The molecule has 12 aromatic rings. The van der Waals surface area contributed by atoms with Gasteiger partial charge in [-0.1, -0.05) is 182 Å². The third-order valence-electron chi connectivity index (χ3n) is 11.4. The van der Waals surface area contributed by atoms with E-state index in [4.69, 9.17) is 15.0 Å². The number of nitrogens with zero attached hydrogens (tertiary/aromatic N) is 3. The highest BCUT2D eigenvalue weighted by atomic mass is 32.1. The number of benzene rings is 10. The molecule has 0 aliphatic heterocycles. The second kappa shape index (κ2) is 14.5.